The van der Waals surface area contributed by atoms with E-state index in [4.69, 9.17) is 4.74 Å². The van der Waals surface area contributed by atoms with E-state index in [0.717, 1.165) is 24.4 Å². The molecular formula is C31H60O. The second kappa shape index (κ2) is 19.3. The number of ether oxygens (including phenoxy) is 1. The summed E-state index contributed by atoms with van der Waals surface area (Å²) < 4.78 is 6.25. The fraction of sp³-hybridized carbons (Fsp3) is 1.00. The highest BCUT2D eigenvalue weighted by molar-refractivity contribution is 4.82. The highest BCUT2D eigenvalue weighted by Gasteiger charge is 2.30. The minimum atomic E-state index is 0.588. The number of hydrogen-bond donors (Lipinski definition) is 0. The molecule has 0 N–H and O–H groups in total. The molecule has 0 amide bonds. The Morgan fingerprint density at radius 2 is 0.906 bits per heavy atom. The first-order chi connectivity index (χ1) is 15.8. The van der Waals surface area contributed by atoms with Gasteiger partial charge in [0.1, 0.15) is 0 Å². The highest BCUT2D eigenvalue weighted by Crippen LogP contribution is 2.41. The SMILES string of the molecule is CCCCCCCCCCC1CCC([C@H]2CC[C@H](OCCCCCCCCC)CC2)CC1. The summed E-state index contributed by atoms with van der Waals surface area (Å²) in [6.45, 7) is 5.63. The predicted molar refractivity (Wildman–Crippen MR) is 142 cm³/mol. The lowest BCUT2D eigenvalue weighted by atomic mass is 9.70. The molecule has 2 rings (SSSR count). The van der Waals surface area contributed by atoms with Crippen molar-refractivity contribution in [2.45, 2.75) is 174 Å². The average molecular weight is 449 g/mol. The van der Waals surface area contributed by atoms with E-state index in [1.165, 1.54) is 154 Å². The van der Waals surface area contributed by atoms with Crippen molar-refractivity contribution < 1.29 is 4.74 Å². The Hall–Kier alpha value is -0.0400. The molecule has 0 unspecified atom stereocenters. The van der Waals surface area contributed by atoms with Crippen LogP contribution in [-0.2, 0) is 4.74 Å². The zero-order valence-corrected chi connectivity index (χ0v) is 22.4. The van der Waals surface area contributed by atoms with Crippen molar-refractivity contribution in [2.75, 3.05) is 6.61 Å². The van der Waals surface area contributed by atoms with Gasteiger partial charge in [-0.3, -0.25) is 0 Å². The van der Waals surface area contributed by atoms with E-state index >= 15 is 0 Å². The topological polar surface area (TPSA) is 9.23 Å². The largest absolute Gasteiger partial charge is 0.378 e. The summed E-state index contributed by atoms with van der Waals surface area (Å²) in [5.74, 6) is 3.14. The van der Waals surface area contributed by atoms with Crippen LogP contribution in [0.1, 0.15) is 168 Å². The van der Waals surface area contributed by atoms with Crippen molar-refractivity contribution in [2.24, 2.45) is 17.8 Å². The highest BCUT2D eigenvalue weighted by atomic mass is 16.5. The molecule has 0 bridgehead atoms. The van der Waals surface area contributed by atoms with Crippen molar-refractivity contribution in [1.29, 1.82) is 0 Å². The van der Waals surface area contributed by atoms with Crippen LogP contribution in [-0.4, -0.2) is 12.7 Å². The fourth-order valence-electron chi connectivity index (χ4n) is 6.55. The van der Waals surface area contributed by atoms with E-state index in [1.54, 1.807) is 0 Å². The lowest BCUT2D eigenvalue weighted by Gasteiger charge is -2.38. The molecule has 0 saturated heterocycles. The molecule has 0 radical (unpaired) electrons. The smallest absolute Gasteiger partial charge is 0.0575 e. The fourth-order valence-corrected chi connectivity index (χ4v) is 6.55. The summed E-state index contributed by atoms with van der Waals surface area (Å²) in [6.07, 6.45) is 35.3. The molecule has 0 aromatic carbocycles. The maximum atomic E-state index is 6.25. The summed E-state index contributed by atoms with van der Waals surface area (Å²) in [4.78, 5) is 0. The van der Waals surface area contributed by atoms with Gasteiger partial charge in [0, 0.05) is 6.61 Å². The van der Waals surface area contributed by atoms with Gasteiger partial charge in [0.15, 0.2) is 0 Å². The molecule has 32 heavy (non-hydrogen) atoms. The van der Waals surface area contributed by atoms with Gasteiger partial charge in [-0.25, -0.2) is 0 Å². The molecule has 0 spiro atoms. The summed E-state index contributed by atoms with van der Waals surface area (Å²) in [7, 11) is 0. The van der Waals surface area contributed by atoms with Crippen molar-refractivity contribution in [1.82, 2.24) is 0 Å². The average Bonchev–Trinajstić information content (AvgIpc) is 2.83. The van der Waals surface area contributed by atoms with Crippen molar-refractivity contribution >= 4 is 0 Å². The van der Waals surface area contributed by atoms with Gasteiger partial charge in [0.25, 0.3) is 0 Å². The van der Waals surface area contributed by atoms with Gasteiger partial charge in [0.2, 0.25) is 0 Å². The standard InChI is InChI=1S/C31H60O/c1-3-5-7-9-11-12-14-16-18-28-19-21-29(22-20-28)30-23-25-31(26-24-30)32-27-17-15-13-10-8-6-4-2/h28-31H,3-27H2,1-2H3/t28?,29?,30-,31-. The third-order valence-electron chi connectivity index (χ3n) is 8.84. The molecule has 2 aliphatic rings. The van der Waals surface area contributed by atoms with Gasteiger partial charge in [-0.2, -0.15) is 0 Å². The van der Waals surface area contributed by atoms with Crippen LogP contribution in [0.3, 0.4) is 0 Å². The van der Waals surface area contributed by atoms with Gasteiger partial charge >= 0.3 is 0 Å². The zero-order valence-electron chi connectivity index (χ0n) is 22.4. The zero-order chi connectivity index (χ0) is 22.7. The van der Waals surface area contributed by atoms with E-state index in [2.05, 4.69) is 13.8 Å². The maximum Gasteiger partial charge on any atom is 0.0575 e. The Morgan fingerprint density at radius 3 is 1.44 bits per heavy atom. The molecule has 0 heterocycles. The van der Waals surface area contributed by atoms with Crippen molar-refractivity contribution in [3.8, 4) is 0 Å². The van der Waals surface area contributed by atoms with E-state index in [9.17, 15) is 0 Å². The van der Waals surface area contributed by atoms with Gasteiger partial charge in [0.05, 0.1) is 6.10 Å². The summed E-state index contributed by atoms with van der Waals surface area (Å²) in [5.41, 5.74) is 0. The van der Waals surface area contributed by atoms with E-state index < -0.39 is 0 Å². The second-order valence-electron chi connectivity index (χ2n) is 11.6. The van der Waals surface area contributed by atoms with Gasteiger partial charge < -0.3 is 4.74 Å². The third kappa shape index (κ3) is 13.0. The first-order valence-corrected chi connectivity index (χ1v) is 15.4. The number of rotatable bonds is 19. The predicted octanol–water partition coefficient (Wildman–Crippen LogP) is 10.6. The first-order valence-electron chi connectivity index (χ1n) is 15.4. The molecule has 1 nitrogen and oxygen atoms in total. The van der Waals surface area contributed by atoms with Crippen LogP contribution in [0.2, 0.25) is 0 Å². The van der Waals surface area contributed by atoms with Crippen molar-refractivity contribution in [3.63, 3.8) is 0 Å². The van der Waals surface area contributed by atoms with E-state index in [1.807, 2.05) is 0 Å². The Morgan fingerprint density at radius 1 is 0.469 bits per heavy atom. The van der Waals surface area contributed by atoms with Gasteiger partial charge in [-0.15, -0.1) is 0 Å². The van der Waals surface area contributed by atoms with E-state index in [-0.39, 0.29) is 0 Å². The van der Waals surface area contributed by atoms with Crippen LogP contribution < -0.4 is 0 Å². The summed E-state index contributed by atoms with van der Waals surface area (Å²) in [6, 6.07) is 0. The molecule has 0 atom stereocenters. The monoisotopic (exact) mass is 448 g/mol. The van der Waals surface area contributed by atoms with Crippen LogP contribution in [0.5, 0.6) is 0 Å². The second-order valence-corrected chi connectivity index (χ2v) is 11.6. The normalized spacial score (nSPS) is 26.4. The molecule has 2 saturated carbocycles. The quantitative estimate of drug-likeness (QED) is 0.178. The summed E-state index contributed by atoms with van der Waals surface area (Å²) in [5, 5.41) is 0. The lowest BCUT2D eigenvalue weighted by Crippen LogP contribution is -2.28. The molecule has 0 aromatic heterocycles. The lowest BCUT2D eigenvalue weighted by molar-refractivity contribution is 0.00526. The number of unbranched alkanes of at least 4 members (excludes halogenated alkanes) is 13. The Bertz CT molecular complexity index is 351. The van der Waals surface area contributed by atoms with Crippen LogP contribution >= 0.6 is 0 Å². The Balaban J connectivity index is 1.41. The molecular weight excluding hydrogens is 388 g/mol. The van der Waals surface area contributed by atoms with Gasteiger partial charge in [-0.1, -0.05) is 123 Å². The third-order valence-corrected chi connectivity index (χ3v) is 8.84. The molecule has 1 heteroatoms. The van der Waals surface area contributed by atoms with Crippen LogP contribution in [0.4, 0.5) is 0 Å². The number of hydrogen-bond acceptors (Lipinski definition) is 1. The molecule has 0 aromatic rings. The molecule has 2 aliphatic carbocycles. The Labute approximate surface area is 203 Å². The van der Waals surface area contributed by atoms with Gasteiger partial charge in [-0.05, 0) is 62.7 Å². The van der Waals surface area contributed by atoms with Crippen LogP contribution in [0.25, 0.3) is 0 Å². The van der Waals surface area contributed by atoms with E-state index in [0.29, 0.717) is 6.10 Å². The molecule has 2 fully saturated rings. The first kappa shape index (κ1) is 28.2. The molecule has 0 aliphatic heterocycles. The maximum absolute atomic E-state index is 6.25. The Kier molecular flexibility index (Phi) is 17.0. The minimum Gasteiger partial charge on any atom is -0.378 e. The van der Waals surface area contributed by atoms with Crippen LogP contribution in [0, 0.1) is 17.8 Å². The summed E-state index contributed by atoms with van der Waals surface area (Å²) >= 11 is 0. The van der Waals surface area contributed by atoms with Crippen LogP contribution in [0.15, 0.2) is 0 Å². The van der Waals surface area contributed by atoms with Crippen molar-refractivity contribution in [3.05, 3.63) is 0 Å². The molecule has 190 valence electrons. The minimum absolute atomic E-state index is 0.588.